The summed E-state index contributed by atoms with van der Waals surface area (Å²) in [5, 5.41) is 12.6. The second-order valence-electron chi connectivity index (χ2n) is 6.35. The highest BCUT2D eigenvalue weighted by molar-refractivity contribution is 7.91. The summed E-state index contributed by atoms with van der Waals surface area (Å²) in [4.78, 5) is 10.9. The highest BCUT2D eigenvalue weighted by Crippen LogP contribution is 2.24. The van der Waals surface area contributed by atoms with Crippen LogP contribution in [0.15, 0.2) is 47.6 Å². The molecule has 1 aromatic heterocycles. The van der Waals surface area contributed by atoms with Crippen molar-refractivity contribution in [3.8, 4) is 0 Å². The van der Waals surface area contributed by atoms with E-state index in [1.807, 2.05) is 6.07 Å². The van der Waals surface area contributed by atoms with Gasteiger partial charge < -0.3 is 15.3 Å². The zero-order valence-corrected chi connectivity index (χ0v) is 15.4. The molecule has 140 valence electrons. The summed E-state index contributed by atoms with van der Waals surface area (Å²) >= 11 is 0. The van der Waals surface area contributed by atoms with Crippen molar-refractivity contribution in [3.63, 3.8) is 0 Å². The van der Waals surface area contributed by atoms with Gasteiger partial charge in [0.25, 0.3) is 0 Å². The van der Waals surface area contributed by atoms with Crippen LogP contribution >= 0.6 is 0 Å². The smallest absolute Gasteiger partial charge is 0.180 e. The van der Waals surface area contributed by atoms with Gasteiger partial charge in [0.1, 0.15) is 18.0 Å². The molecule has 0 spiro atoms. The number of hydrogen-bond donors (Lipinski definition) is 2. The van der Waals surface area contributed by atoms with E-state index in [2.05, 4.69) is 20.2 Å². The Morgan fingerprint density at radius 3 is 2.77 bits per heavy atom. The molecule has 1 aromatic carbocycles. The number of benzene rings is 1. The molecule has 1 saturated heterocycles. The van der Waals surface area contributed by atoms with Crippen molar-refractivity contribution in [1.82, 2.24) is 9.97 Å². The molecule has 0 amide bonds. The zero-order chi connectivity index (χ0) is 18.4. The molecule has 1 aliphatic rings. The zero-order valence-electron chi connectivity index (χ0n) is 14.6. The van der Waals surface area contributed by atoms with Crippen LogP contribution in [0.4, 0.5) is 11.6 Å². The minimum Gasteiger partial charge on any atom is -0.394 e. The van der Waals surface area contributed by atoms with Gasteiger partial charge in [-0.25, -0.2) is 18.4 Å². The van der Waals surface area contributed by atoms with Gasteiger partial charge >= 0.3 is 0 Å². The fourth-order valence-corrected chi connectivity index (χ4v) is 4.33. The third-order valence-electron chi connectivity index (χ3n) is 4.56. The second-order valence-corrected chi connectivity index (χ2v) is 8.45. The third-order valence-corrected chi connectivity index (χ3v) is 6.30. The van der Waals surface area contributed by atoms with Gasteiger partial charge in [0.2, 0.25) is 0 Å². The van der Waals surface area contributed by atoms with E-state index in [9.17, 15) is 13.5 Å². The fraction of sp³-hybridized carbons (Fsp3) is 0.444. The molecule has 26 heavy (non-hydrogen) atoms. The van der Waals surface area contributed by atoms with Crippen LogP contribution in [0.1, 0.15) is 19.3 Å². The van der Waals surface area contributed by atoms with Crippen molar-refractivity contribution in [3.05, 3.63) is 42.7 Å². The summed E-state index contributed by atoms with van der Waals surface area (Å²) in [6.45, 7) is 1.21. The Bertz CT molecular complexity index is 814. The lowest BCUT2D eigenvalue weighted by molar-refractivity contribution is 0.239. The summed E-state index contributed by atoms with van der Waals surface area (Å²) in [7, 11) is -3.32. The van der Waals surface area contributed by atoms with Gasteiger partial charge in [0.05, 0.1) is 23.3 Å². The first-order valence-corrected chi connectivity index (χ1v) is 10.5. The number of sulfone groups is 1. The minimum absolute atomic E-state index is 0.0146. The van der Waals surface area contributed by atoms with Crippen molar-refractivity contribution < 1.29 is 13.5 Å². The molecule has 2 aromatic rings. The van der Waals surface area contributed by atoms with E-state index in [0.29, 0.717) is 10.7 Å². The van der Waals surface area contributed by atoms with Gasteiger partial charge in [-0.15, -0.1) is 0 Å². The highest BCUT2D eigenvalue weighted by atomic mass is 32.2. The lowest BCUT2D eigenvalue weighted by atomic mass is 10.0. The molecule has 1 fully saturated rings. The molecule has 0 radical (unpaired) electrons. The first-order chi connectivity index (χ1) is 12.6. The number of nitrogens with zero attached hydrogens (tertiary/aromatic N) is 3. The molecule has 1 aliphatic heterocycles. The van der Waals surface area contributed by atoms with Crippen LogP contribution in [-0.4, -0.2) is 55.0 Å². The van der Waals surface area contributed by atoms with E-state index < -0.39 is 9.84 Å². The Morgan fingerprint density at radius 1 is 1.19 bits per heavy atom. The first kappa shape index (κ1) is 18.6. The maximum Gasteiger partial charge on any atom is 0.180 e. The van der Waals surface area contributed by atoms with Crippen LogP contribution in [0.5, 0.6) is 0 Å². The predicted octanol–water partition coefficient (Wildman–Crippen LogP) is 1.71. The topological polar surface area (TPSA) is 95.4 Å². The average Bonchev–Trinajstić information content (AvgIpc) is 2.69. The molecule has 0 bridgehead atoms. The van der Waals surface area contributed by atoms with Crippen LogP contribution in [0, 0.1) is 0 Å². The molecule has 0 aliphatic carbocycles. The number of hydrogen-bond acceptors (Lipinski definition) is 7. The number of rotatable bonds is 7. The monoisotopic (exact) mass is 376 g/mol. The van der Waals surface area contributed by atoms with Crippen molar-refractivity contribution in [2.75, 3.05) is 35.7 Å². The molecule has 7 nitrogen and oxygen atoms in total. The lowest BCUT2D eigenvalue weighted by Crippen LogP contribution is -2.42. The summed E-state index contributed by atoms with van der Waals surface area (Å²) in [5.74, 6) is 1.33. The van der Waals surface area contributed by atoms with Crippen molar-refractivity contribution >= 4 is 21.5 Å². The van der Waals surface area contributed by atoms with Crippen LogP contribution < -0.4 is 10.2 Å². The van der Waals surface area contributed by atoms with E-state index in [1.54, 1.807) is 30.3 Å². The SMILES string of the molecule is O=S(=O)(CCNc1cc(N2CCCCC2CO)ncn1)c1ccccc1. The summed E-state index contributed by atoms with van der Waals surface area (Å²) in [6, 6.07) is 10.3. The van der Waals surface area contributed by atoms with Gasteiger partial charge in [-0.3, -0.25) is 0 Å². The normalized spacial score (nSPS) is 17.9. The van der Waals surface area contributed by atoms with Crippen LogP contribution in [-0.2, 0) is 9.84 Å². The van der Waals surface area contributed by atoms with E-state index in [-0.39, 0.29) is 24.9 Å². The Kier molecular flexibility index (Phi) is 6.05. The predicted molar refractivity (Wildman–Crippen MR) is 101 cm³/mol. The number of aliphatic hydroxyl groups is 1. The van der Waals surface area contributed by atoms with Gasteiger partial charge in [0, 0.05) is 19.2 Å². The van der Waals surface area contributed by atoms with Crippen molar-refractivity contribution in [1.29, 1.82) is 0 Å². The Balaban J connectivity index is 1.62. The summed E-state index contributed by atoms with van der Waals surface area (Å²) in [6.07, 6.45) is 4.58. The largest absolute Gasteiger partial charge is 0.394 e. The Hall–Kier alpha value is -2.19. The fourth-order valence-electron chi connectivity index (χ4n) is 3.15. The number of anilines is 2. The molecule has 1 atom stereocenters. The van der Waals surface area contributed by atoms with Gasteiger partial charge in [0.15, 0.2) is 9.84 Å². The number of aromatic nitrogens is 2. The van der Waals surface area contributed by atoms with E-state index in [0.717, 1.165) is 31.6 Å². The maximum absolute atomic E-state index is 12.3. The Labute approximate surface area is 154 Å². The van der Waals surface area contributed by atoms with Gasteiger partial charge in [-0.1, -0.05) is 18.2 Å². The quantitative estimate of drug-likeness (QED) is 0.759. The number of piperidine rings is 1. The standard InChI is InChI=1S/C18H24N4O3S/c23-13-15-6-4-5-10-22(15)18-12-17(20-14-21-18)19-9-11-26(24,25)16-7-2-1-3-8-16/h1-3,7-8,12,14-15,23H,4-6,9-11,13H2,(H,19,20,21). The molecular formula is C18H24N4O3S. The molecule has 8 heteroatoms. The van der Waals surface area contributed by atoms with Crippen LogP contribution in [0.3, 0.4) is 0 Å². The highest BCUT2D eigenvalue weighted by Gasteiger charge is 2.23. The molecule has 2 N–H and O–H groups in total. The second kappa shape index (κ2) is 8.46. The Morgan fingerprint density at radius 2 is 2.00 bits per heavy atom. The molecule has 1 unspecified atom stereocenters. The lowest BCUT2D eigenvalue weighted by Gasteiger charge is -2.35. The minimum atomic E-state index is -3.32. The number of aliphatic hydroxyl groups excluding tert-OH is 1. The van der Waals surface area contributed by atoms with E-state index in [1.165, 1.54) is 6.33 Å². The summed E-state index contributed by atoms with van der Waals surface area (Å²) in [5.41, 5.74) is 0. The molecular weight excluding hydrogens is 352 g/mol. The molecule has 2 heterocycles. The summed E-state index contributed by atoms with van der Waals surface area (Å²) < 4.78 is 24.6. The molecule has 3 rings (SSSR count). The van der Waals surface area contributed by atoms with Crippen LogP contribution in [0.2, 0.25) is 0 Å². The maximum atomic E-state index is 12.3. The van der Waals surface area contributed by atoms with E-state index in [4.69, 9.17) is 0 Å². The van der Waals surface area contributed by atoms with Crippen molar-refractivity contribution in [2.45, 2.75) is 30.2 Å². The van der Waals surface area contributed by atoms with Crippen molar-refractivity contribution in [2.24, 2.45) is 0 Å². The van der Waals surface area contributed by atoms with Crippen LogP contribution in [0.25, 0.3) is 0 Å². The first-order valence-electron chi connectivity index (χ1n) is 8.81. The number of nitrogens with one attached hydrogen (secondary N) is 1. The van der Waals surface area contributed by atoms with Gasteiger partial charge in [-0.2, -0.15) is 0 Å². The van der Waals surface area contributed by atoms with Gasteiger partial charge in [-0.05, 0) is 31.4 Å². The molecule has 0 saturated carbocycles. The third kappa shape index (κ3) is 4.50. The average molecular weight is 376 g/mol. The van der Waals surface area contributed by atoms with E-state index >= 15 is 0 Å².